The minimum Gasteiger partial charge on any atom is -0.205 e. The number of unbranched alkanes of at least 4 members (excludes halogenated alkanes) is 1. The first-order valence-corrected chi connectivity index (χ1v) is 7.51. The van der Waals surface area contributed by atoms with E-state index in [2.05, 4.69) is 29.0 Å². The van der Waals surface area contributed by atoms with Gasteiger partial charge in [0.05, 0.1) is 6.04 Å². The summed E-state index contributed by atoms with van der Waals surface area (Å²) in [7, 11) is 0. The molecule has 0 bridgehead atoms. The number of nitrogens with one attached hydrogen (secondary N) is 1. The molecule has 100 valence electrons. The Bertz CT molecular complexity index is 208. The molecule has 0 heterocycles. The monoisotopic (exact) mass is 259 g/mol. The number of nitrogens with zero attached hydrogens (tertiary/aromatic N) is 2. The van der Waals surface area contributed by atoms with Crippen molar-refractivity contribution in [3.63, 3.8) is 0 Å². The van der Waals surface area contributed by atoms with Crippen LogP contribution in [0, 0.1) is 0 Å². The molecule has 17 heavy (non-hydrogen) atoms. The SMILES string of the molecule is CCCCC(C)N=NSONC1CCCCC1. The lowest BCUT2D eigenvalue weighted by Crippen LogP contribution is -2.29. The third kappa shape index (κ3) is 7.73. The predicted octanol–water partition coefficient (Wildman–Crippen LogP) is 4.43. The van der Waals surface area contributed by atoms with E-state index < -0.39 is 0 Å². The summed E-state index contributed by atoms with van der Waals surface area (Å²) in [4.78, 5) is 0. The average molecular weight is 259 g/mol. The quantitative estimate of drug-likeness (QED) is 0.230. The molecular formula is C12H25N3OS. The van der Waals surface area contributed by atoms with Crippen LogP contribution >= 0.6 is 12.2 Å². The zero-order valence-electron chi connectivity index (χ0n) is 11.0. The molecule has 1 aliphatic carbocycles. The Labute approximate surface area is 109 Å². The first-order chi connectivity index (χ1) is 8.33. The maximum absolute atomic E-state index is 5.23. The first kappa shape index (κ1) is 14.9. The van der Waals surface area contributed by atoms with Gasteiger partial charge in [0.2, 0.25) is 0 Å². The molecule has 0 aromatic heterocycles. The van der Waals surface area contributed by atoms with Crippen molar-refractivity contribution in [1.82, 2.24) is 5.48 Å². The summed E-state index contributed by atoms with van der Waals surface area (Å²) in [5, 5.41) is 4.17. The smallest absolute Gasteiger partial charge is 0.178 e. The van der Waals surface area contributed by atoms with Gasteiger partial charge in [0, 0.05) is 6.04 Å². The number of hydroxylamine groups is 1. The van der Waals surface area contributed by atoms with Crippen LogP contribution in [0.3, 0.4) is 0 Å². The second-order valence-corrected chi connectivity index (χ2v) is 5.28. The van der Waals surface area contributed by atoms with E-state index >= 15 is 0 Å². The Balaban J connectivity index is 1.96. The topological polar surface area (TPSA) is 46.0 Å². The van der Waals surface area contributed by atoms with Crippen molar-refractivity contribution in [3.8, 4) is 0 Å². The molecule has 5 heteroatoms. The molecule has 1 rings (SSSR count). The van der Waals surface area contributed by atoms with Gasteiger partial charge in [-0.25, -0.2) is 4.28 Å². The molecule has 1 fully saturated rings. The van der Waals surface area contributed by atoms with Crippen molar-refractivity contribution in [2.24, 2.45) is 9.63 Å². The van der Waals surface area contributed by atoms with Crippen LogP contribution in [-0.4, -0.2) is 12.1 Å². The van der Waals surface area contributed by atoms with E-state index in [4.69, 9.17) is 4.28 Å². The lowest BCUT2D eigenvalue weighted by molar-refractivity contribution is 0.162. The Morgan fingerprint density at radius 1 is 1.35 bits per heavy atom. The van der Waals surface area contributed by atoms with E-state index in [1.807, 2.05) is 0 Å². The fraction of sp³-hybridized carbons (Fsp3) is 1.00. The fourth-order valence-electron chi connectivity index (χ4n) is 1.98. The summed E-state index contributed by atoms with van der Waals surface area (Å²) in [5.41, 5.74) is 3.05. The molecule has 1 atom stereocenters. The normalized spacial score (nSPS) is 19.9. The maximum Gasteiger partial charge on any atom is 0.178 e. The molecule has 1 unspecified atom stereocenters. The first-order valence-electron chi connectivity index (χ1n) is 6.81. The Kier molecular flexibility index (Phi) is 8.65. The van der Waals surface area contributed by atoms with Crippen LogP contribution in [-0.2, 0) is 4.28 Å². The van der Waals surface area contributed by atoms with Crippen molar-refractivity contribution < 1.29 is 4.28 Å². The molecular weight excluding hydrogens is 234 g/mol. The molecule has 0 radical (unpaired) electrons. The van der Waals surface area contributed by atoms with Crippen LogP contribution < -0.4 is 5.48 Å². The van der Waals surface area contributed by atoms with Gasteiger partial charge in [-0.05, 0) is 26.2 Å². The second-order valence-electron chi connectivity index (χ2n) is 4.80. The molecule has 0 aliphatic heterocycles. The average Bonchev–Trinajstić information content (AvgIpc) is 2.37. The van der Waals surface area contributed by atoms with E-state index in [1.54, 1.807) is 0 Å². The van der Waals surface area contributed by atoms with Crippen molar-refractivity contribution in [2.45, 2.75) is 77.3 Å². The van der Waals surface area contributed by atoms with Gasteiger partial charge in [-0.3, -0.25) is 0 Å². The molecule has 0 aromatic carbocycles. The standard InChI is InChI=1S/C12H25N3OS/c1-3-4-8-11(2)13-15-17-16-14-12-9-6-5-7-10-12/h11-12,14H,3-10H2,1-2H3. The van der Waals surface area contributed by atoms with Crippen LogP contribution in [0.2, 0.25) is 0 Å². The molecule has 4 nitrogen and oxygen atoms in total. The van der Waals surface area contributed by atoms with Crippen LogP contribution in [0.4, 0.5) is 0 Å². The van der Waals surface area contributed by atoms with E-state index in [9.17, 15) is 0 Å². The summed E-state index contributed by atoms with van der Waals surface area (Å²) in [6.07, 6.45) is 9.94. The minimum absolute atomic E-state index is 0.306. The Hall–Kier alpha value is -0.130. The highest BCUT2D eigenvalue weighted by Gasteiger charge is 2.12. The molecule has 0 aromatic rings. The van der Waals surface area contributed by atoms with E-state index in [0.29, 0.717) is 12.1 Å². The lowest BCUT2D eigenvalue weighted by atomic mass is 9.96. The van der Waals surface area contributed by atoms with E-state index in [-0.39, 0.29) is 0 Å². The third-order valence-corrected chi connectivity index (χ3v) is 3.44. The van der Waals surface area contributed by atoms with Crippen molar-refractivity contribution in [2.75, 3.05) is 0 Å². The Morgan fingerprint density at radius 2 is 2.12 bits per heavy atom. The highest BCUT2D eigenvalue weighted by Crippen LogP contribution is 2.18. The number of hydrogen-bond acceptors (Lipinski definition) is 5. The van der Waals surface area contributed by atoms with Crippen LogP contribution in [0.5, 0.6) is 0 Å². The summed E-state index contributed by atoms with van der Waals surface area (Å²) < 4.78 is 9.20. The Morgan fingerprint density at radius 3 is 2.82 bits per heavy atom. The van der Waals surface area contributed by atoms with Gasteiger partial charge in [0.25, 0.3) is 0 Å². The van der Waals surface area contributed by atoms with Gasteiger partial charge in [-0.2, -0.15) is 10.6 Å². The molecule has 1 aliphatic rings. The predicted molar refractivity (Wildman–Crippen MR) is 72.5 cm³/mol. The van der Waals surface area contributed by atoms with Crippen molar-refractivity contribution in [1.29, 1.82) is 0 Å². The second kappa shape index (κ2) is 9.85. The summed E-state index contributed by atoms with van der Waals surface area (Å²) in [6.45, 7) is 4.28. The van der Waals surface area contributed by atoms with Crippen molar-refractivity contribution >= 4 is 12.2 Å². The van der Waals surface area contributed by atoms with Crippen molar-refractivity contribution in [3.05, 3.63) is 0 Å². The number of rotatable bonds is 8. The largest absolute Gasteiger partial charge is 0.205 e. The summed E-state index contributed by atoms with van der Waals surface area (Å²) in [6, 6.07) is 0.810. The van der Waals surface area contributed by atoms with Crippen LogP contribution in [0.1, 0.15) is 65.2 Å². The number of hydrogen-bond donors (Lipinski definition) is 1. The fourth-order valence-corrected chi connectivity index (χ4v) is 2.40. The lowest BCUT2D eigenvalue weighted by Gasteiger charge is -2.20. The molecule has 0 spiro atoms. The highest BCUT2D eigenvalue weighted by atomic mass is 32.2. The third-order valence-electron chi connectivity index (χ3n) is 3.11. The van der Waals surface area contributed by atoms with E-state index in [0.717, 1.165) is 18.6 Å². The van der Waals surface area contributed by atoms with Gasteiger partial charge < -0.3 is 0 Å². The zero-order chi connectivity index (χ0) is 12.3. The van der Waals surface area contributed by atoms with E-state index in [1.165, 1.54) is 44.9 Å². The van der Waals surface area contributed by atoms with Crippen LogP contribution in [0.25, 0.3) is 0 Å². The van der Waals surface area contributed by atoms with Gasteiger partial charge in [-0.1, -0.05) is 43.5 Å². The minimum atomic E-state index is 0.306. The van der Waals surface area contributed by atoms with Gasteiger partial charge in [0.15, 0.2) is 12.2 Å². The summed E-state index contributed by atoms with van der Waals surface area (Å²) in [5.74, 6) is 0. The molecule has 0 saturated heterocycles. The van der Waals surface area contributed by atoms with Crippen LogP contribution in [0.15, 0.2) is 9.63 Å². The summed E-state index contributed by atoms with van der Waals surface area (Å²) >= 11 is 1.06. The zero-order valence-corrected chi connectivity index (χ0v) is 11.8. The van der Waals surface area contributed by atoms with Gasteiger partial charge >= 0.3 is 0 Å². The molecule has 1 saturated carbocycles. The van der Waals surface area contributed by atoms with Gasteiger partial charge in [-0.15, -0.1) is 0 Å². The maximum atomic E-state index is 5.23. The molecule has 0 amide bonds. The molecule has 1 N–H and O–H groups in total. The highest BCUT2D eigenvalue weighted by molar-refractivity contribution is 7.93. The van der Waals surface area contributed by atoms with Gasteiger partial charge in [0.1, 0.15) is 0 Å².